The van der Waals surface area contributed by atoms with E-state index in [9.17, 15) is 0 Å². The minimum Gasteiger partial charge on any atom is -0.0149 e. The Hall–Kier alpha value is 2.33. The zero-order valence-electron chi connectivity index (χ0n) is 0.447. The summed E-state index contributed by atoms with van der Waals surface area (Å²) in [7, 11) is 0. The Bertz CT molecular complexity index is 8.00. The summed E-state index contributed by atoms with van der Waals surface area (Å²) in [5, 5.41) is 0. The molecule has 0 saturated heterocycles. The van der Waals surface area contributed by atoms with E-state index in [0.29, 0.717) is 0 Å². The molecule has 0 nitrogen and oxygen atoms in total. The summed E-state index contributed by atoms with van der Waals surface area (Å²) in [6.45, 7) is 0. The molecule has 0 heterocycles. The Balaban J connectivity index is 0. The Morgan fingerprint density at radius 3 is 1.00 bits per heavy atom. The smallest absolute Gasteiger partial charge is 0 e. The third kappa shape index (κ3) is 8.84. The fourth-order valence-corrected chi connectivity index (χ4v) is 0. The minimum absolute atomic E-state index is 0. The summed E-state index contributed by atoms with van der Waals surface area (Å²) in [4.78, 5) is 0. The van der Waals surface area contributed by atoms with Crippen molar-refractivity contribution in [2.24, 2.45) is 0 Å². The van der Waals surface area contributed by atoms with Crippen molar-refractivity contribution in [1.82, 2.24) is 0 Å². The average Bonchev–Trinajstić information content (AvgIpc) is 0. The van der Waals surface area contributed by atoms with Gasteiger partial charge in [0.1, 0.15) is 0 Å². The Kier molecular flexibility index (Phi) is 152. The van der Waals surface area contributed by atoms with Gasteiger partial charge in [-0.1, -0.05) is 0 Å². The minimum atomic E-state index is 0. The van der Waals surface area contributed by atoms with Gasteiger partial charge in [-0.3, -0.25) is 0 Å². The van der Waals surface area contributed by atoms with E-state index in [-0.39, 0.29) is 76.4 Å². The first-order valence-corrected chi connectivity index (χ1v) is 0. The predicted octanol–water partition coefficient (Wildman–Crippen LogP) is -3.29. The normalized spacial score (nSPS) is 0. The zero-order valence-corrected chi connectivity index (χ0v) is 1.84. The molecule has 0 fully saturated rings. The van der Waals surface area contributed by atoms with Crippen molar-refractivity contribution in [2.45, 2.75) is 0 Å². The van der Waals surface area contributed by atoms with Crippen LogP contribution in [0.3, 0.4) is 0 Å². The van der Waals surface area contributed by atoms with Gasteiger partial charge in [-0.2, -0.15) is 0 Å². The summed E-state index contributed by atoms with van der Waals surface area (Å²) in [5.41, 5.74) is 0. The molecular weight excluding hydrogens is 129 g/mol. The van der Waals surface area contributed by atoms with Gasteiger partial charge in [0.2, 0.25) is 0 Å². The van der Waals surface area contributed by atoms with E-state index in [4.69, 9.17) is 0 Å². The molecule has 0 aliphatic rings. The molecular formula is H8AlNaSiV. The predicted molar refractivity (Wildman–Crippen MR) is 28.4 cm³/mol. The van der Waals surface area contributed by atoms with Crippen molar-refractivity contribution in [3.8, 4) is 0 Å². The van der Waals surface area contributed by atoms with Gasteiger partial charge in [0.25, 0.3) is 0 Å². The monoisotopic (exact) mass is 137 g/mol. The third-order valence-corrected chi connectivity index (χ3v) is 0. The van der Waals surface area contributed by atoms with Crippen LogP contribution >= 0.6 is 0 Å². The second-order valence-electron chi connectivity index (χ2n) is 0. The first-order chi connectivity index (χ1) is 0. The molecule has 4 heavy (non-hydrogen) atoms. The van der Waals surface area contributed by atoms with Crippen LogP contribution in [0.4, 0.5) is 0 Å². The van der Waals surface area contributed by atoms with Crippen molar-refractivity contribution in [3.63, 3.8) is 0 Å². The van der Waals surface area contributed by atoms with Crippen molar-refractivity contribution in [3.05, 3.63) is 0 Å². The van der Waals surface area contributed by atoms with Gasteiger partial charge >= 0.3 is 29.6 Å². The molecule has 0 aromatic carbocycles. The second kappa shape index (κ2) is 18.4. The van der Waals surface area contributed by atoms with Crippen molar-refractivity contribution < 1.29 is 18.6 Å². The molecule has 0 aromatic rings. The Morgan fingerprint density at radius 1 is 1.00 bits per heavy atom. The van der Waals surface area contributed by atoms with Gasteiger partial charge < -0.3 is 0 Å². The van der Waals surface area contributed by atoms with Crippen molar-refractivity contribution in [2.75, 3.05) is 0 Å². The fourth-order valence-electron chi connectivity index (χ4n) is 0. The van der Waals surface area contributed by atoms with E-state index in [0.717, 1.165) is 0 Å². The van der Waals surface area contributed by atoms with Gasteiger partial charge in [0, 0.05) is 18.6 Å². The van der Waals surface area contributed by atoms with Gasteiger partial charge in [-0.25, -0.2) is 0 Å². The molecule has 0 saturated carbocycles. The maximum absolute atomic E-state index is 0. The van der Waals surface area contributed by atoms with Crippen molar-refractivity contribution in [1.29, 1.82) is 0 Å². The number of hydrogen-bond donors (Lipinski definition) is 0. The molecule has 0 aromatic heterocycles. The van der Waals surface area contributed by atoms with Crippen LogP contribution in [0.2, 0.25) is 0 Å². The quantitative estimate of drug-likeness (QED) is 0.307. The summed E-state index contributed by atoms with van der Waals surface area (Å²) >= 11 is 0. The second-order valence-corrected chi connectivity index (χ2v) is 0. The topological polar surface area (TPSA) is 0 Å². The fraction of sp³-hybridized carbons (Fsp3) is 0. The molecule has 0 N–H and O–H groups in total. The molecule has 0 atom stereocenters. The molecule has 0 amide bonds. The van der Waals surface area contributed by atoms with Crippen LogP contribution in [-0.2, 0) is 18.6 Å². The van der Waals surface area contributed by atoms with Gasteiger partial charge in [0.15, 0.2) is 17.4 Å². The van der Waals surface area contributed by atoms with Gasteiger partial charge in [0.05, 0.1) is 0 Å². The van der Waals surface area contributed by atoms with E-state index in [1.165, 1.54) is 0 Å². The summed E-state index contributed by atoms with van der Waals surface area (Å²) in [5.74, 6) is 0. The molecule has 4 heteroatoms. The van der Waals surface area contributed by atoms with Crippen LogP contribution in [0.5, 0.6) is 0 Å². The largest absolute Gasteiger partial charge is 0.0149 e. The Morgan fingerprint density at radius 2 is 1.00 bits per heavy atom. The number of hydrogen-bond acceptors (Lipinski definition) is 0. The molecule has 21 valence electrons. The van der Waals surface area contributed by atoms with Crippen molar-refractivity contribution >= 4 is 57.9 Å². The third-order valence-electron chi connectivity index (χ3n) is 0. The molecule has 0 rings (SSSR count). The van der Waals surface area contributed by atoms with E-state index in [1.807, 2.05) is 0 Å². The molecule has 0 aliphatic carbocycles. The molecule has 1 radical (unpaired) electrons. The first-order valence-electron chi connectivity index (χ1n) is 0. The average molecular weight is 137 g/mol. The van der Waals surface area contributed by atoms with Gasteiger partial charge in [-0.05, 0) is 11.0 Å². The number of rotatable bonds is 0. The van der Waals surface area contributed by atoms with E-state index >= 15 is 0 Å². The van der Waals surface area contributed by atoms with E-state index in [1.54, 1.807) is 0 Å². The van der Waals surface area contributed by atoms with Crippen LogP contribution in [-0.4, -0.2) is 57.9 Å². The summed E-state index contributed by atoms with van der Waals surface area (Å²) in [6.07, 6.45) is 0. The van der Waals surface area contributed by atoms with Crippen LogP contribution in [0.1, 0.15) is 0 Å². The SMILES string of the molecule is [AlH3].[NaH].[SiH4].[V]. The maximum atomic E-state index is 0. The van der Waals surface area contributed by atoms with Crippen LogP contribution < -0.4 is 0 Å². The summed E-state index contributed by atoms with van der Waals surface area (Å²) < 4.78 is 0. The first kappa shape index (κ1) is 33.1. The van der Waals surface area contributed by atoms with Crippen LogP contribution in [0.15, 0.2) is 0 Å². The van der Waals surface area contributed by atoms with Gasteiger partial charge in [-0.15, -0.1) is 0 Å². The Labute approximate surface area is 75.4 Å². The molecule has 0 bridgehead atoms. The molecule has 0 aliphatic heterocycles. The summed E-state index contributed by atoms with van der Waals surface area (Å²) in [6, 6.07) is 0. The van der Waals surface area contributed by atoms with Crippen LogP contribution in [0.25, 0.3) is 0 Å². The van der Waals surface area contributed by atoms with Crippen LogP contribution in [0, 0.1) is 0 Å². The van der Waals surface area contributed by atoms with E-state index < -0.39 is 0 Å². The maximum Gasteiger partial charge on any atom is 0 e. The molecule has 0 unspecified atom stereocenters. The van der Waals surface area contributed by atoms with E-state index in [2.05, 4.69) is 0 Å². The zero-order chi connectivity index (χ0) is 0. The molecule has 0 spiro atoms. The standard InChI is InChI=1S/Al.Na.H4Si.V.4H/h;;1H4;;;;;.